The number of benzene rings is 1. The van der Waals surface area contributed by atoms with Crippen molar-refractivity contribution in [2.24, 2.45) is 5.92 Å². The molecule has 0 amide bonds. The molecule has 1 atom stereocenters. The third-order valence-corrected chi connectivity index (χ3v) is 5.09. The number of alkyl halides is 3. The highest BCUT2D eigenvalue weighted by atomic mass is 35.5. The van der Waals surface area contributed by atoms with E-state index in [1.807, 2.05) is 6.92 Å². The molecule has 1 unspecified atom stereocenters. The number of aryl methyl sites for hydroxylation is 1. The van der Waals surface area contributed by atoms with Crippen molar-refractivity contribution in [3.05, 3.63) is 44.8 Å². The first-order chi connectivity index (χ1) is 11.8. The van der Waals surface area contributed by atoms with Crippen LogP contribution in [0.15, 0.2) is 27.4 Å². The molecule has 0 radical (unpaired) electrons. The van der Waals surface area contributed by atoms with Gasteiger partial charge in [-0.15, -0.1) is 0 Å². The lowest BCUT2D eigenvalue weighted by molar-refractivity contribution is -0.187. The number of hydrogen-bond acceptors (Lipinski definition) is 3. The summed E-state index contributed by atoms with van der Waals surface area (Å²) in [5.74, 6) is -1.32. The minimum Gasteiger partial charge on any atom is -0.423 e. The van der Waals surface area contributed by atoms with Crippen LogP contribution in [0.2, 0.25) is 5.02 Å². The average molecular weight is 374 g/mol. The molecule has 1 fully saturated rings. The van der Waals surface area contributed by atoms with E-state index in [1.54, 1.807) is 17.0 Å². The molecule has 1 aromatic carbocycles. The monoisotopic (exact) mass is 373 g/mol. The van der Waals surface area contributed by atoms with Crippen LogP contribution in [-0.4, -0.2) is 24.2 Å². The molecule has 1 aliphatic rings. The van der Waals surface area contributed by atoms with Crippen molar-refractivity contribution in [3.63, 3.8) is 0 Å². The fourth-order valence-electron chi connectivity index (χ4n) is 3.40. The lowest BCUT2D eigenvalue weighted by atomic mass is 9.96. The van der Waals surface area contributed by atoms with Gasteiger partial charge in [-0.1, -0.05) is 18.5 Å². The minimum absolute atomic E-state index is 0.0496. The summed E-state index contributed by atoms with van der Waals surface area (Å²) in [5, 5.41) is 1.24. The van der Waals surface area contributed by atoms with E-state index >= 15 is 0 Å². The molecule has 2 heterocycles. The van der Waals surface area contributed by atoms with Gasteiger partial charge in [0.2, 0.25) is 0 Å². The fourth-order valence-corrected chi connectivity index (χ4v) is 3.69. The zero-order valence-corrected chi connectivity index (χ0v) is 14.6. The first kappa shape index (κ1) is 18.3. The van der Waals surface area contributed by atoms with Gasteiger partial charge in [-0.05, 0) is 49.1 Å². The van der Waals surface area contributed by atoms with Gasteiger partial charge in [0.25, 0.3) is 0 Å². The van der Waals surface area contributed by atoms with Crippen molar-refractivity contribution in [2.45, 2.75) is 38.9 Å². The van der Waals surface area contributed by atoms with Crippen LogP contribution >= 0.6 is 11.6 Å². The number of hydrogen-bond donors (Lipinski definition) is 0. The summed E-state index contributed by atoms with van der Waals surface area (Å²) in [6.07, 6.45) is -2.84. The minimum atomic E-state index is -4.18. The van der Waals surface area contributed by atoms with Gasteiger partial charge in [0, 0.05) is 29.6 Å². The van der Waals surface area contributed by atoms with Crippen LogP contribution in [-0.2, 0) is 13.0 Å². The molecule has 3 nitrogen and oxygen atoms in total. The molecular weight excluding hydrogens is 355 g/mol. The Balaban J connectivity index is 1.93. The van der Waals surface area contributed by atoms with Crippen LogP contribution in [0.5, 0.6) is 0 Å². The molecule has 1 saturated heterocycles. The Kier molecular flexibility index (Phi) is 5.11. The Morgan fingerprint density at radius 2 is 2.04 bits per heavy atom. The molecule has 7 heteroatoms. The Hall–Kier alpha value is -1.53. The van der Waals surface area contributed by atoms with E-state index in [2.05, 4.69) is 0 Å². The number of likely N-dealkylation sites (tertiary alicyclic amines) is 1. The van der Waals surface area contributed by atoms with Crippen LogP contribution < -0.4 is 5.63 Å². The van der Waals surface area contributed by atoms with E-state index in [4.69, 9.17) is 16.0 Å². The third-order valence-electron chi connectivity index (χ3n) is 4.74. The molecule has 0 aliphatic carbocycles. The van der Waals surface area contributed by atoms with E-state index in [-0.39, 0.29) is 19.5 Å². The second kappa shape index (κ2) is 7.00. The number of halogens is 4. The van der Waals surface area contributed by atoms with E-state index in [0.29, 0.717) is 40.9 Å². The van der Waals surface area contributed by atoms with E-state index < -0.39 is 17.7 Å². The summed E-state index contributed by atoms with van der Waals surface area (Å²) in [6, 6.07) is 4.82. The highest BCUT2D eigenvalue weighted by Crippen LogP contribution is 2.34. The van der Waals surface area contributed by atoms with Gasteiger partial charge < -0.3 is 4.42 Å². The van der Waals surface area contributed by atoms with Crippen LogP contribution in [0.25, 0.3) is 11.0 Å². The number of fused-ring (bicyclic) bond motifs is 1. The largest absolute Gasteiger partial charge is 0.423 e. The molecule has 2 aromatic rings. The smallest absolute Gasteiger partial charge is 0.393 e. The lowest BCUT2D eigenvalue weighted by Crippen LogP contribution is -2.41. The number of nitrogens with zero attached hydrogens (tertiary/aromatic N) is 1. The van der Waals surface area contributed by atoms with E-state index in [1.165, 1.54) is 6.07 Å². The highest BCUT2D eigenvalue weighted by Gasteiger charge is 2.41. The molecule has 1 aromatic heterocycles. The van der Waals surface area contributed by atoms with Gasteiger partial charge in [0.15, 0.2) is 0 Å². The molecule has 0 spiro atoms. The molecule has 1 aliphatic heterocycles. The fraction of sp³-hybridized carbons (Fsp3) is 0.500. The predicted octanol–water partition coefficient (Wildman–Crippen LogP) is 4.78. The summed E-state index contributed by atoms with van der Waals surface area (Å²) in [7, 11) is 0. The van der Waals surface area contributed by atoms with Crippen molar-refractivity contribution < 1.29 is 17.6 Å². The van der Waals surface area contributed by atoms with Gasteiger partial charge in [-0.25, -0.2) is 4.79 Å². The zero-order valence-electron chi connectivity index (χ0n) is 13.8. The summed E-state index contributed by atoms with van der Waals surface area (Å²) in [4.78, 5) is 13.6. The van der Waals surface area contributed by atoms with Gasteiger partial charge in [0.05, 0.1) is 5.92 Å². The topological polar surface area (TPSA) is 33.5 Å². The Labute approximate surface area is 148 Å². The summed E-state index contributed by atoms with van der Waals surface area (Å²) >= 11 is 6.26. The van der Waals surface area contributed by atoms with Crippen LogP contribution in [0.3, 0.4) is 0 Å². The standard InChI is InChI=1S/C18H19ClF3NO2/c1-2-11-6-16-14(8-15(11)19)12(7-17(24)25-16)9-23-5-3-4-13(10-23)18(20,21)22/h6-8,13H,2-5,9-10H2,1H3. The number of piperidine rings is 1. The SMILES string of the molecule is CCc1cc2oc(=O)cc(CN3CCCC(C(F)(F)F)C3)c2cc1Cl. The molecule has 136 valence electrons. The van der Waals surface area contributed by atoms with Gasteiger partial charge in [-0.3, -0.25) is 4.90 Å². The van der Waals surface area contributed by atoms with Gasteiger partial charge in [0.1, 0.15) is 5.58 Å². The first-order valence-electron chi connectivity index (χ1n) is 8.32. The predicted molar refractivity (Wildman–Crippen MR) is 90.9 cm³/mol. The highest BCUT2D eigenvalue weighted by molar-refractivity contribution is 6.32. The molecule has 25 heavy (non-hydrogen) atoms. The first-order valence-corrected chi connectivity index (χ1v) is 8.70. The summed E-state index contributed by atoms with van der Waals surface area (Å²) in [6.45, 7) is 2.75. The van der Waals surface area contributed by atoms with Crippen molar-refractivity contribution in [2.75, 3.05) is 13.1 Å². The lowest BCUT2D eigenvalue weighted by Gasteiger charge is -2.33. The maximum atomic E-state index is 13.0. The quantitative estimate of drug-likeness (QED) is 0.726. The Morgan fingerprint density at radius 1 is 1.28 bits per heavy atom. The molecule has 0 saturated carbocycles. The maximum Gasteiger partial charge on any atom is 0.393 e. The molecule has 3 rings (SSSR count). The third kappa shape index (κ3) is 4.01. The molecular formula is C18H19ClF3NO2. The van der Waals surface area contributed by atoms with Gasteiger partial charge >= 0.3 is 11.8 Å². The van der Waals surface area contributed by atoms with Crippen molar-refractivity contribution >= 4 is 22.6 Å². The zero-order chi connectivity index (χ0) is 18.2. The number of rotatable bonds is 3. The van der Waals surface area contributed by atoms with Crippen molar-refractivity contribution in [3.8, 4) is 0 Å². The molecule has 0 N–H and O–H groups in total. The van der Waals surface area contributed by atoms with Crippen molar-refractivity contribution in [1.82, 2.24) is 4.90 Å². The molecule has 0 bridgehead atoms. The summed E-state index contributed by atoms with van der Waals surface area (Å²) < 4.78 is 44.2. The Morgan fingerprint density at radius 3 is 2.72 bits per heavy atom. The normalized spacial score (nSPS) is 19.5. The average Bonchev–Trinajstić information content (AvgIpc) is 2.54. The van der Waals surface area contributed by atoms with E-state index in [9.17, 15) is 18.0 Å². The Bertz CT molecular complexity index is 831. The van der Waals surface area contributed by atoms with E-state index in [0.717, 1.165) is 5.56 Å². The second-order valence-corrected chi connectivity index (χ2v) is 6.91. The van der Waals surface area contributed by atoms with Crippen LogP contribution in [0.1, 0.15) is 30.9 Å². The van der Waals surface area contributed by atoms with Crippen LogP contribution in [0.4, 0.5) is 13.2 Å². The van der Waals surface area contributed by atoms with Crippen molar-refractivity contribution in [1.29, 1.82) is 0 Å². The van der Waals surface area contributed by atoms with Crippen LogP contribution in [0, 0.1) is 5.92 Å². The maximum absolute atomic E-state index is 13.0. The second-order valence-electron chi connectivity index (χ2n) is 6.50. The van der Waals surface area contributed by atoms with Gasteiger partial charge in [-0.2, -0.15) is 13.2 Å². The summed E-state index contributed by atoms with van der Waals surface area (Å²) in [5.41, 5.74) is 1.44.